The molecule has 0 saturated heterocycles. The molecule has 6 nitrogen and oxygen atoms in total. The van der Waals surface area contributed by atoms with Crippen molar-refractivity contribution in [3.05, 3.63) is 59.9 Å². The summed E-state index contributed by atoms with van der Waals surface area (Å²) in [5, 5.41) is 2.68. The Labute approximate surface area is 129 Å². The predicted octanol–water partition coefficient (Wildman–Crippen LogP) is 1.26. The lowest BCUT2D eigenvalue weighted by Crippen LogP contribution is -2.27. The number of nitrogens with one attached hydrogen (secondary N) is 1. The normalized spacial score (nSPS) is 11.4. The molecule has 0 bridgehead atoms. The fourth-order valence-electron chi connectivity index (χ4n) is 1.86. The summed E-state index contributed by atoms with van der Waals surface area (Å²) in [6.07, 6.45) is 1.53. The summed E-state index contributed by atoms with van der Waals surface area (Å²) < 4.78 is 25.7. The number of rotatable bonds is 5. The molecule has 2 rings (SSSR count). The van der Waals surface area contributed by atoms with E-state index < -0.39 is 10.0 Å². The largest absolute Gasteiger partial charge is 0.347 e. The van der Waals surface area contributed by atoms with Crippen molar-refractivity contribution < 1.29 is 13.2 Å². The summed E-state index contributed by atoms with van der Waals surface area (Å²) in [4.78, 5) is 16.1. The van der Waals surface area contributed by atoms with Crippen LogP contribution in [0.15, 0.2) is 53.6 Å². The maximum absolute atomic E-state index is 12.3. The molecule has 1 heterocycles. The van der Waals surface area contributed by atoms with Gasteiger partial charge in [0.1, 0.15) is 5.69 Å². The standard InChI is InChI=1S/C15H17N3O3S/c1-18(2)22(20,21)14-9-4-3-7-12(14)11-17-15(19)13-8-5-6-10-16-13/h3-10H,11H2,1-2H3,(H,17,19). The zero-order valence-electron chi connectivity index (χ0n) is 12.4. The van der Waals surface area contributed by atoms with Gasteiger partial charge in [-0.15, -0.1) is 0 Å². The van der Waals surface area contributed by atoms with Crippen molar-refractivity contribution >= 4 is 15.9 Å². The van der Waals surface area contributed by atoms with Gasteiger partial charge in [0.2, 0.25) is 10.0 Å². The topological polar surface area (TPSA) is 79.4 Å². The van der Waals surface area contributed by atoms with Gasteiger partial charge in [-0.1, -0.05) is 24.3 Å². The maximum Gasteiger partial charge on any atom is 0.270 e. The van der Waals surface area contributed by atoms with E-state index >= 15 is 0 Å². The number of benzene rings is 1. The monoisotopic (exact) mass is 319 g/mol. The van der Waals surface area contributed by atoms with Gasteiger partial charge in [-0.05, 0) is 23.8 Å². The Morgan fingerprint density at radius 2 is 1.82 bits per heavy atom. The summed E-state index contributed by atoms with van der Waals surface area (Å²) >= 11 is 0. The van der Waals surface area contributed by atoms with Gasteiger partial charge in [-0.2, -0.15) is 0 Å². The van der Waals surface area contributed by atoms with Crippen LogP contribution in [0.2, 0.25) is 0 Å². The summed E-state index contributed by atoms with van der Waals surface area (Å²) in [5.74, 6) is -0.349. The highest BCUT2D eigenvalue weighted by molar-refractivity contribution is 7.89. The Morgan fingerprint density at radius 3 is 2.45 bits per heavy atom. The first-order chi connectivity index (χ1) is 10.4. The second-order valence-electron chi connectivity index (χ2n) is 4.79. The molecule has 0 spiro atoms. The number of amides is 1. The van der Waals surface area contributed by atoms with Crippen LogP contribution in [0.1, 0.15) is 16.1 Å². The average molecular weight is 319 g/mol. The molecule has 0 unspecified atom stereocenters. The third kappa shape index (κ3) is 3.49. The summed E-state index contributed by atoms with van der Waals surface area (Å²) in [5.41, 5.74) is 0.816. The van der Waals surface area contributed by atoms with Crippen LogP contribution in [-0.2, 0) is 16.6 Å². The molecule has 22 heavy (non-hydrogen) atoms. The zero-order chi connectivity index (χ0) is 16.2. The van der Waals surface area contributed by atoms with E-state index in [-0.39, 0.29) is 23.0 Å². The van der Waals surface area contributed by atoms with Crippen LogP contribution in [0.3, 0.4) is 0 Å². The van der Waals surface area contributed by atoms with E-state index in [4.69, 9.17) is 0 Å². The van der Waals surface area contributed by atoms with Crippen molar-refractivity contribution in [2.24, 2.45) is 0 Å². The molecule has 0 aliphatic rings. The molecule has 1 aromatic carbocycles. The minimum absolute atomic E-state index is 0.110. The minimum Gasteiger partial charge on any atom is -0.347 e. The summed E-state index contributed by atoms with van der Waals surface area (Å²) in [6.45, 7) is 0.110. The number of nitrogens with zero attached hydrogens (tertiary/aromatic N) is 2. The van der Waals surface area contributed by atoms with Gasteiger partial charge < -0.3 is 5.32 Å². The molecule has 2 aromatic rings. The van der Waals surface area contributed by atoms with Crippen molar-refractivity contribution in [1.29, 1.82) is 0 Å². The van der Waals surface area contributed by atoms with Crippen LogP contribution in [0.4, 0.5) is 0 Å². The first kappa shape index (κ1) is 16.1. The Balaban J connectivity index is 2.20. The Morgan fingerprint density at radius 1 is 1.14 bits per heavy atom. The number of carbonyl (C=O) groups excluding carboxylic acids is 1. The Kier molecular flexibility index (Phi) is 4.89. The smallest absolute Gasteiger partial charge is 0.270 e. The summed E-state index contributed by atoms with van der Waals surface area (Å²) in [7, 11) is -0.612. The van der Waals surface area contributed by atoms with Crippen LogP contribution in [-0.4, -0.2) is 37.7 Å². The highest BCUT2D eigenvalue weighted by Gasteiger charge is 2.20. The van der Waals surface area contributed by atoms with Crippen molar-refractivity contribution in [3.8, 4) is 0 Å². The lowest BCUT2D eigenvalue weighted by atomic mass is 10.2. The highest BCUT2D eigenvalue weighted by Crippen LogP contribution is 2.18. The second-order valence-corrected chi connectivity index (χ2v) is 6.91. The van der Waals surface area contributed by atoms with Gasteiger partial charge >= 0.3 is 0 Å². The van der Waals surface area contributed by atoms with Crippen LogP contribution in [0.5, 0.6) is 0 Å². The van der Waals surface area contributed by atoms with E-state index in [0.29, 0.717) is 5.56 Å². The quantitative estimate of drug-likeness (QED) is 0.900. The number of carbonyl (C=O) groups is 1. The van der Waals surface area contributed by atoms with Gasteiger partial charge in [0.05, 0.1) is 4.90 Å². The van der Waals surface area contributed by atoms with E-state index in [1.807, 2.05) is 0 Å². The molecule has 1 N–H and O–H groups in total. The van der Waals surface area contributed by atoms with E-state index in [1.54, 1.807) is 36.4 Å². The van der Waals surface area contributed by atoms with Crippen LogP contribution in [0.25, 0.3) is 0 Å². The molecule has 0 atom stereocenters. The number of sulfonamides is 1. The minimum atomic E-state index is -3.55. The third-order valence-corrected chi connectivity index (χ3v) is 4.98. The Hall–Kier alpha value is -2.25. The maximum atomic E-state index is 12.3. The van der Waals surface area contributed by atoms with Crippen molar-refractivity contribution in [2.75, 3.05) is 14.1 Å². The van der Waals surface area contributed by atoms with Crippen molar-refractivity contribution in [1.82, 2.24) is 14.6 Å². The second kappa shape index (κ2) is 6.67. The molecule has 1 amide bonds. The molecule has 0 saturated carbocycles. The fourth-order valence-corrected chi connectivity index (χ4v) is 2.98. The van der Waals surface area contributed by atoms with Gasteiger partial charge in [0.15, 0.2) is 0 Å². The van der Waals surface area contributed by atoms with Gasteiger partial charge in [0.25, 0.3) is 5.91 Å². The first-order valence-corrected chi connectivity index (χ1v) is 8.06. The number of hydrogen-bond donors (Lipinski definition) is 1. The van der Waals surface area contributed by atoms with Crippen LogP contribution >= 0.6 is 0 Å². The molecule has 116 valence electrons. The molecular formula is C15H17N3O3S. The highest BCUT2D eigenvalue weighted by atomic mass is 32.2. The Bertz CT molecular complexity index is 759. The zero-order valence-corrected chi connectivity index (χ0v) is 13.2. The predicted molar refractivity (Wildman–Crippen MR) is 82.7 cm³/mol. The van der Waals surface area contributed by atoms with E-state index in [1.165, 1.54) is 26.4 Å². The summed E-state index contributed by atoms with van der Waals surface area (Å²) in [6, 6.07) is 11.6. The number of aromatic nitrogens is 1. The van der Waals surface area contributed by atoms with Gasteiger partial charge in [-0.3, -0.25) is 9.78 Å². The van der Waals surface area contributed by atoms with E-state index in [9.17, 15) is 13.2 Å². The molecule has 0 fully saturated rings. The van der Waals surface area contributed by atoms with Crippen LogP contribution in [0, 0.1) is 0 Å². The van der Waals surface area contributed by atoms with Crippen molar-refractivity contribution in [2.45, 2.75) is 11.4 Å². The fraction of sp³-hybridized carbons (Fsp3) is 0.200. The molecule has 1 aromatic heterocycles. The van der Waals surface area contributed by atoms with Crippen LogP contribution < -0.4 is 5.32 Å². The van der Waals surface area contributed by atoms with Gasteiger partial charge in [-0.25, -0.2) is 12.7 Å². The third-order valence-electron chi connectivity index (χ3n) is 3.07. The average Bonchev–Trinajstić information content (AvgIpc) is 2.53. The van der Waals surface area contributed by atoms with E-state index in [0.717, 1.165) is 4.31 Å². The molecule has 0 aliphatic carbocycles. The molecule has 0 aliphatic heterocycles. The lowest BCUT2D eigenvalue weighted by Gasteiger charge is -2.15. The number of pyridine rings is 1. The molecule has 7 heteroatoms. The lowest BCUT2D eigenvalue weighted by molar-refractivity contribution is 0.0945. The first-order valence-electron chi connectivity index (χ1n) is 6.62. The van der Waals surface area contributed by atoms with E-state index in [2.05, 4.69) is 10.3 Å². The SMILES string of the molecule is CN(C)S(=O)(=O)c1ccccc1CNC(=O)c1ccccn1. The number of hydrogen-bond acceptors (Lipinski definition) is 4. The molecular weight excluding hydrogens is 302 g/mol. The van der Waals surface area contributed by atoms with Gasteiger partial charge in [0, 0.05) is 26.8 Å². The molecule has 0 radical (unpaired) electrons. The van der Waals surface area contributed by atoms with Crippen molar-refractivity contribution in [3.63, 3.8) is 0 Å².